The number of amides is 1. The Morgan fingerprint density at radius 2 is 2.00 bits per heavy atom. The predicted octanol–water partition coefficient (Wildman–Crippen LogP) is 3.41. The highest BCUT2D eigenvalue weighted by Gasteiger charge is 2.26. The van der Waals surface area contributed by atoms with Crippen LogP contribution in [0.5, 0.6) is 0 Å². The third kappa shape index (κ3) is 3.26. The number of esters is 1. The number of carbonyl (C=O) groups is 2. The number of rotatable bonds is 5. The molecule has 118 valence electrons. The van der Waals surface area contributed by atoms with E-state index in [0.717, 1.165) is 23.1 Å². The Morgan fingerprint density at radius 1 is 1.17 bits per heavy atom. The third-order valence-electron chi connectivity index (χ3n) is 3.87. The van der Waals surface area contributed by atoms with Gasteiger partial charge in [0.15, 0.2) is 0 Å². The molecule has 0 N–H and O–H groups in total. The van der Waals surface area contributed by atoms with Gasteiger partial charge >= 0.3 is 5.97 Å². The maximum absolute atomic E-state index is 12.4. The molecule has 0 atom stereocenters. The summed E-state index contributed by atoms with van der Waals surface area (Å²) < 4.78 is 5.15. The van der Waals surface area contributed by atoms with Gasteiger partial charge in [0.25, 0.3) is 5.91 Å². The van der Waals surface area contributed by atoms with E-state index in [0.29, 0.717) is 25.3 Å². The zero-order valence-corrected chi connectivity index (χ0v) is 13.1. The minimum atomic E-state index is -0.315. The maximum Gasteiger partial charge on any atom is 0.338 e. The molecule has 2 aromatic carbocycles. The van der Waals surface area contributed by atoms with Gasteiger partial charge in [-0.3, -0.25) is 4.79 Å². The van der Waals surface area contributed by atoms with Crippen LogP contribution in [0.3, 0.4) is 0 Å². The molecule has 3 rings (SSSR count). The summed E-state index contributed by atoms with van der Waals surface area (Å²) in [7, 11) is 0. The highest BCUT2D eigenvalue weighted by Crippen LogP contribution is 2.24. The number of benzene rings is 2. The monoisotopic (exact) mass is 309 g/mol. The largest absolute Gasteiger partial charge is 0.462 e. The van der Waals surface area contributed by atoms with Crippen LogP contribution in [-0.2, 0) is 17.8 Å². The van der Waals surface area contributed by atoms with E-state index in [1.807, 2.05) is 43.3 Å². The number of nitrogens with zero attached hydrogens (tertiary/aromatic N) is 1. The zero-order valence-electron chi connectivity index (χ0n) is 13.1. The summed E-state index contributed by atoms with van der Waals surface area (Å²) in [6.45, 7) is 3.48. The van der Waals surface area contributed by atoms with E-state index < -0.39 is 0 Å². The van der Waals surface area contributed by atoms with Crippen molar-refractivity contribution in [2.75, 3.05) is 6.61 Å². The molecule has 0 aliphatic carbocycles. The van der Waals surface area contributed by atoms with Crippen LogP contribution in [0, 0.1) is 0 Å². The van der Waals surface area contributed by atoms with Crippen molar-refractivity contribution in [2.45, 2.75) is 26.4 Å². The molecular formula is C19H19NO3. The molecule has 2 aromatic rings. The van der Waals surface area contributed by atoms with Crippen molar-refractivity contribution in [2.24, 2.45) is 0 Å². The van der Waals surface area contributed by atoms with Crippen LogP contribution >= 0.6 is 0 Å². The zero-order chi connectivity index (χ0) is 16.2. The van der Waals surface area contributed by atoms with Gasteiger partial charge in [0, 0.05) is 18.7 Å². The molecule has 0 spiro atoms. The molecule has 0 saturated carbocycles. The minimum absolute atomic E-state index is 0.0413. The Balaban J connectivity index is 1.72. The molecule has 0 saturated heterocycles. The predicted molar refractivity (Wildman–Crippen MR) is 87.0 cm³/mol. The van der Waals surface area contributed by atoms with Gasteiger partial charge in [-0.05, 0) is 35.7 Å². The Hall–Kier alpha value is -2.62. The molecule has 1 amide bonds. The van der Waals surface area contributed by atoms with Crippen LogP contribution in [0.25, 0.3) is 0 Å². The second-order valence-corrected chi connectivity index (χ2v) is 5.65. The van der Waals surface area contributed by atoms with Crippen molar-refractivity contribution in [3.05, 3.63) is 70.8 Å². The molecule has 23 heavy (non-hydrogen) atoms. The molecule has 1 aliphatic heterocycles. The van der Waals surface area contributed by atoms with E-state index in [1.54, 1.807) is 17.0 Å². The van der Waals surface area contributed by atoms with Gasteiger partial charge in [0.05, 0.1) is 12.2 Å². The number of hydrogen-bond acceptors (Lipinski definition) is 3. The summed E-state index contributed by atoms with van der Waals surface area (Å²) in [6, 6.07) is 14.9. The van der Waals surface area contributed by atoms with Crippen LogP contribution in [0.4, 0.5) is 0 Å². The second kappa shape index (κ2) is 6.65. The molecule has 0 fully saturated rings. The van der Waals surface area contributed by atoms with Crippen molar-refractivity contribution in [1.82, 2.24) is 4.90 Å². The van der Waals surface area contributed by atoms with Crippen molar-refractivity contribution in [3.8, 4) is 0 Å². The second-order valence-electron chi connectivity index (χ2n) is 5.65. The first-order valence-electron chi connectivity index (χ1n) is 7.82. The normalized spacial score (nSPS) is 13.1. The average Bonchev–Trinajstić information content (AvgIpc) is 2.89. The highest BCUT2D eigenvalue weighted by atomic mass is 16.5. The highest BCUT2D eigenvalue weighted by molar-refractivity contribution is 5.98. The van der Waals surface area contributed by atoms with Crippen LogP contribution in [-0.4, -0.2) is 23.4 Å². The SMILES string of the molecule is CCCOC(=O)c1cccc(CN2Cc3ccccc3C2=O)c1. The van der Waals surface area contributed by atoms with Gasteiger partial charge in [0.2, 0.25) is 0 Å². The standard InChI is InChI=1S/C19H19NO3/c1-2-10-23-19(22)15-8-5-6-14(11-15)12-20-13-16-7-3-4-9-17(16)18(20)21/h3-9,11H,2,10,12-13H2,1H3. The molecule has 1 heterocycles. The van der Waals surface area contributed by atoms with Crippen LogP contribution in [0.2, 0.25) is 0 Å². The van der Waals surface area contributed by atoms with Gasteiger partial charge in [-0.1, -0.05) is 37.3 Å². The Labute approximate surface area is 135 Å². The third-order valence-corrected chi connectivity index (χ3v) is 3.87. The minimum Gasteiger partial charge on any atom is -0.462 e. The van der Waals surface area contributed by atoms with E-state index in [1.165, 1.54) is 0 Å². The van der Waals surface area contributed by atoms with Crippen molar-refractivity contribution >= 4 is 11.9 Å². The summed E-state index contributed by atoms with van der Waals surface area (Å²) in [5.41, 5.74) is 3.28. The van der Waals surface area contributed by atoms with E-state index >= 15 is 0 Å². The smallest absolute Gasteiger partial charge is 0.338 e. The molecule has 0 radical (unpaired) electrons. The lowest BCUT2D eigenvalue weighted by atomic mass is 10.1. The average molecular weight is 309 g/mol. The van der Waals surface area contributed by atoms with Crippen molar-refractivity contribution in [3.63, 3.8) is 0 Å². The quantitative estimate of drug-likeness (QED) is 0.795. The number of fused-ring (bicyclic) bond motifs is 1. The summed E-state index contributed by atoms with van der Waals surface area (Å²) in [5.74, 6) is -0.274. The molecule has 0 unspecified atom stereocenters. The summed E-state index contributed by atoms with van der Waals surface area (Å²) >= 11 is 0. The van der Waals surface area contributed by atoms with E-state index in [9.17, 15) is 9.59 Å². The first-order valence-corrected chi connectivity index (χ1v) is 7.82. The Bertz CT molecular complexity index is 739. The Morgan fingerprint density at radius 3 is 2.78 bits per heavy atom. The molecule has 0 bridgehead atoms. The van der Waals surface area contributed by atoms with Gasteiger partial charge in [0.1, 0.15) is 0 Å². The van der Waals surface area contributed by atoms with Gasteiger partial charge in [-0.25, -0.2) is 4.79 Å². The topological polar surface area (TPSA) is 46.6 Å². The number of hydrogen-bond donors (Lipinski definition) is 0. The van der Waals surface area contributed by atoms with Crippen LogP contribution < -0.4 is 0 Å². The van der Waals surface area contributed by atoms with E-state index in [-0.39, 0.29) is 11.9 Å². The first kappa shape index (κ1) is 15.3. The van der Waals surface area contributed by atoms with Gasteiger partial charge in [-0.2, -0.15) is 0 Å². The molecule has 4 nitrogen and oxygen atoms in total. The van der Waals surface area contributed by atoms with Crippen LogP contribution in [0.1, 0.15) is 45.2 Å². The summed E-state index contributed by atoms with van der Waals surface area (Å²) in [5, 5.41) is 0. The fraction of sp³-hybridized carbons (Fsp3) is 0.263. The molecule has 0 aromatic heterocycles. The van der Waals surface area contributed by atoms with Gasteiger partial charge in [-0.15, -0.1) is 0 Å². The number of ether oxygens (including phenoxy) is 1. The molecule has 1 aliphatic rings. The lowest BCUT2D eigenvalue weighted by molar-refractivity contribution is 0.0505. The van der Waals surface area contributed by atoms with Crippen molar-refractivity contribution < 1.29 is 14.3 Å². The molecular weight excluding hydrogens is 290 g/mol. The summed E-state index contributed by atoms with van der Waals surface area (Å²) in [6.07, 6.45) is 0.798. The van der Waals surface area contributed by atoms with E-state index in [4.69, 9.17) is 4.74 Å². The molecule has 4 heteroatoms. The van der Waals surface area contributed by atoms with E-state index in [2.05, 4.69) is 0 Å². The van der Waals surface area contributed by atoms with Gasteiger partial charge < -0.3 is 9.64 Å². The van der Waals surface area contributed by atoms with Crippen LogP contribution in [0.15, 0.2) is 48.5 Å². The fourth-order valence-electron chi connectivity index (χ4n) is 2.74. The number of carbonyl (C=O) groups excluding carboxylic acids is 2. The first-order chi connectivity index (χ1) is 11.2. The lowest BCUT2D eigenvalue weighted by Gasteiger charge is -2.16. The lowest BCUT2D eigenvalue weighted by Crippen LogP contribution is -2.23. The Kier molecular flexibility index (Phi) is 4.42. The summed E-state index contributed by atoms with van der Waals surface area (Å²) in [4.78, 5) is 26.1. The maximum atomic E-state index is 12.4. The fourth-order valence-corrected chi connectivity index (χ4v) is 2.74. The van der Waals surface area contributed by atoms with Crippen molar-refractivity contribution in [1.29, 1.82) is 0 Å².